The molecule has 2 unspecified atom stereocenters. The maximum atomic E-state index is 17.3. The molecule has 6 aliphatic rings. The van der Waals surface area contributed by atoms with Gasteiger partial charge in [-0.25, -0.2) is 9.18 Å². The molecule has 37 heavy (non-hydrogen) atoms. The zero-order valence-electron chi connectivity index (χ0n) is 21.2. The van der Waals surface area contributed by atoms with Gasteiger partial charge < -0.3 is 24.8 Å². The molecule has 1 aliphatic heterocycles. The van der Waals surface area contributed by atoms with Crippen molar-refractivity contribution in [3.63, 3.8) is 0 Å². The molecule has 9 heteroatoms. The van der Waals surface area contributed by atoms with Gasteiger partial charge in [0.25, 0.3) is 0 Å². The van der Waals surface area contributed by atoms with E-state index in [1.165, 1.54) is 6.08 Å². The number of aliphatic carboxylic acids is 1. The van der Waals surface area contributed by atoms with Gasteiger partial charge in [0.15, 0.2) is 35.2 Å². The highest BCUT2D eigenvalue weighted by atomic mass is 19.1. The fourth-order valence-corrected chi connectivity index (χ4v) is 9.09. The number of allylic oxidation sites excluding steroid dienone is 4. The Morgan fingerprint density at radius 3 is 2.46 bits per heavy atom. The van der Waals surface area contributed by atoms with Crippen molar-refractivity contribution in [1.29, 1.82) is 0 Å². The molecule has 0 aromatic heterocycles. The van der Waals surface area contributed by atoms with Gasteiger partial charge in [0, 0.05) is 23.7 Å². The number of ketones is 2. The van der Waals surface area contributed by atoms with Gasteiger partial charge in [-0.05, 0) is 75.9 Å². The minimum Gasteiger partial charge on any atom is -0.479 e. The van der Waals surface area contributed by atoms with Crippen LogP contribution in [0.1, 0.15) is 71.6 Å². The van der Waals surface area contributed by atoms with E-state index in [9.17, 15) is 29.7 Å². The molecule has 1 heterocycles. The highest BCUT2D eigenvalue weighted by Crippen LogP contribution is 2.73. The lowest BCUT2D eigenvalue weighted by Gasteiger charge is -2.61. The molecule has 0 aromatic rings. The van der Waals surface area contributed by atoms with Crippen molar-refractivity contribution in [2.24, 2.45) is 22.7 Å². The summed E-state index contributed by atoms with van der Waals surface area (Å²) in [7, 11) is 0. The average molecular weight is 519 g/mol. The number of ether oxygens (including phenoxy) is 2. The van der Waals surface area contributed by atoms with Gasteiger partial charge in [-0.15, -0.1) is 0 Å². The molecule has 0 amide bonds. The topological polar surface area (TPSA) is 130 Å². The average Bonchev–Trinajstić information content (AvgIpc) is 3.51. The van der Waals surface area contributed by atoms with Crippen molar-refractivity contribution in [2.75, 3.05) is 0 Å². The summed E-state index contributed by atoms with van der Waals surface area (Å²) in [6.07, 6.45) is 4.07. The quantitative estimate of drug-likeness (QED) is 0.518. The number of Topliss-reactive ketones (excluding diaryl/α,β-unsaturated/α-hetero) is 1. The third kappa shape index (κ3) is 3.00. The number of halogens is 1. The van der Waals surface area contributed by atoms with Crippen molar-refractivity contribution in [3.05, 3.63) is 23.8 Å². The largest absolute Gasteiger partial charge is 0.479 e. The van der Waals surface area contributed by atoms with E-state index in [1.807, 2.05) is 13.8 Å². The van der Waals surface area contributed by atoms with E-state index in [4.69, 9.17) is 9.47 Å². The number of hydrogen-bond acceptors (Lipinski definition) is 7. The number of fused-ring (bicyclic) bond motifs is 7. The molecule has 1 saturated heterocycles. The molecule has 202 valence electrons. The number of hydrogen-bond donors (Lipinski definition) is 3. The van der Waals surface area contributed by atoms with E-state index in [1.54, 1.807) is 12.2 Å². The van der Waals surface area contributed by atoms with Crippen LogP contribution in [0.5, 0.6) is 0 Å². The molecule has 0 aromatic carbocycles. The Morgan fingerprint density at radius 1 is 1.08 bits per heavy atom. The first-order valence-corrected chi connectivity index (χ1v) is 13.5. The zero-order chi connectivity index (χ0) is 26.6. The van der Waals surface area contributed by atoms with Gasteiger partial charge in [0.05, 0.1) is 6.10 Å². The van der Waals surface area contributed by atoms with Crippen LogP contribution in [0.15, 0.2) is 23.8 Å². The van der Waals surface area contributed by atoms with Crippen LogP contribution in [0.2, 0.25) is 0 Å². The summed E-state index contributed by atoms with van der Waals surface area (Å²) in [6, 6.07) is 0. The maximum absolute atomic E-state index is 17.3. The van der Waals surface area contributed by atoms with Crippen LogP contribution in [0.25, 0.3) is 0 Å². The molecule has 9 atom stereocenters. The van der Waals surface area contributed by atoms with Crippen molar-refractivity contribution in [1.82, 2.24) is 0 Å². The van der Waals surface area contributed by atoms with Crippen LogP contribution in [0, 0.1) is 22.7 Å². The lowest BCUT2D eigenvalue weighted by Crippen LogP contribution is -2.66. The Morgan fingerprint density at radius 2 is 1.78 bits per heavy atom. The number of carboxylic acids is 1. The lowest BCUT2D eigenvalue weighted by atomic mass is 9.45. The maximum Gasteiger partial charge on any atom is 0.335 e. The first-order chi connectivity index (χ1) is 17.3. The van der Waals surface area contributed by atoms with E-state index in [0.29, 0.717) is 32.1 Å². The minimum atomic E-state index is -2.30. The van der Waals surface area contributed by atoms with Crippen LogP contribution in [0.4, 0.5) is 4.39 Å². The van der Waals surface area contributed by atoms with Crippen LogP contribution in [-0.4, -0.2) is 68.2 Å². The summed E-state index contributed by atoms with van der Waals surface area (Å²) < 4.78 is 30.5. The number of rotatable bonds is 4. The van der Waals surface area contributed by atoms with Crippen LogP contribution < -0.4 is 0 Å². The van der Waals surface area contributed by atoms with E-state index >= 15 is 4.39 Å². The van der Waals surface area contributed by atoms with E-state index in [2.05, 4.69) is 0 Å². The predicted octanol–water partition coefficient (Wildman–Crippen LogP) is 2.80. The van der Waals surface area contributed by atoms with E-state index < -0.39 is 63.9 Å². The monoisotopic (exact) mass is 518 g/mol. The summed E-state index contributed by atoms with van der Waals surface area (Å²) in [5, 5.41) is 30.2. The summed E-state index contributed by atoms with van der Waals surface area (Å²) in [6.45, 7) is 3.74. The van der Waals surface area contributed by atoms with Gasteiger partial charge in [-0.2, -0.15) is 0 Å². The molecule has 5 fully saturated rings. The van der Waals surface area contributed by atoms with Crippen molar-refractivity contribution >= 4 is 17.5 Å². The predicted molar refractivity (Wildman–Crippen MR) is 127 cm³/mol. The first kappa shape index (κ1) is 25.3. The number of aliphatic hydroxyl groups is 2. The Bertz CT molecular complexity index is 1130. The standard InChI is InChI=1S/C28H35FO8/c1-24-10-7-16(30)13-15(24)5-6-17-18-14-19-28(22(33)20(31)21(32)23(34)35,25(18,2)11-12-27(17,24)29)37-26(36-19)8-3-4-9-26/h7,10,13,17-21,31-32H,3-6,8-9,11-12,14H2,1-2H3,(H,34,35)/t17-,18-,19+,20?,21?,24-,25-,27+,28-/m0/s1. The van der Waals surface area contributed by atoms with Crippen molar-refractivity contribution in [2.45, 2.75) is 107 Å². The van der Waals surface area contributed by atoms with Crippen LogP contribution >= 0.6 is 0 Å². The third-order valence-electron chi connectivity index (χ3n) is 11.1. The van der Waals surface area contributed by atoms with E-state index in [0.717, 1.165) is 18.4 Å². The minimum absolute atomic E-state index is 0.118. The molecule has 1 spiro atoms. The summed E-state index contributed by atoms with van der Waals surface area (Å²) in [5.74, 6) is -4.50. The second-order valence-electron chi connectivity index (χ2n) is 12.5. The number of carbonyl (C=O) groups is 3. The van der Waals surface area contributed by atoms with Gasteiger partial charge >= 0.3 is 5.97 Å². The SMILES string of the molecule is C[C@]12C=CC(=O)C=C1CC[C@H]1[C@@H]3C[C@H]4OC5(CCCC5)O[C@@]4(C(=O)C(O)C(O)C(=O)O)[C@@]3(C)CC[C@@]12F. The van der Waals surface area contributed by atoms with Gasteiger partial charge in [0.1, 0.15) is 5.67 Å². The Hall–Kier alpha value is -1.94. The Kier molecular flexibility index (Phi) is 5.35. The number of alkyl halides is 1. The number of carbonyl (C=O) groups excluding carboxylic acids is 2. The molecule has 0 bridgehead atoms. The Labute approximate surface area is 214 Å². The van der Waals surface area contributed by atoms with Gasteiger partial charge in [-0.1, -0.05) is 18.6 Å². The fourth-order valence-electron chi connectivity index (χ4n) is 9.09. The van der Waals surface area contributed by atoms with Gasteiger partial charge in [0.2, 0.25) is 0 Å². The van der Waals surface area contributed by atoms with Crippen molar-refractivity contribution in [3.8, 4) is 0 Å². The van der Waals surface area contributed by atoms with Crippen LogP contribution in [-0.2, 0) is 23.9 Å². The lowest BCUT2D eigenvalue weighted by molar-refractivity contribution is -0.237. The fraction of sp³-hybridized carbons (Fsp3) is 0.750. The summed E-state index contributed by atoms with van der Waals surface area (Å²) in [5.41, 5.74) is -4.41. The van der Waals surface area contributed by atoms with Crippen LogP contribution in [0.3, 0.4) is 0 Å². The highest BCUT2D eigenvalue weighted by Gasteiger charge is 2.79. The molecular formula is C28H35FO8. The molecular weight excluding hydrogens is 483 g/mol. The molecule has 6 rings (SSSR count). The number of carboxylic acid groups (broad SMARTS) is 1. The third-order valence-corrected chi connectivity index (χ3v) is 11.1. The molecule has 5 aliphatic carbocycles. The van der Waals surface area contributed by atoms with Crippen molar-refractivity contribution < 1.29 is 43.6 Å². The number of aliphatic hydroxyl groups excluding tert-OH is 2. The normalized spacial score (nSPS) is 47.0. The second-order valence-corrected chi connectivity index (χ2v) is 12.5. The zero-order valence-corrected chi connectivity index (χ0v) is 21.2. The second kappa shape index (κ2) is 7.81. The van der Waals surface area contributed by atoms with E-state index in [-0.39, 0.29) is 24.5 Å². The molecule has 0 radical (unpaired) electrons. The molecule has 4 saturated carbocycles. The summed E-state index contributed by atoms with van der Waals surface area (Å²) >= 11 is 0. The smallest absolute Gasteiger partial charge is 0.335 e. The molecule has 8 nitrogen and oxygen atoms in total. The first-order valence-electron chi connectivity index (χ1n) is 13.5. The Balaban J connectivity index is 1.43. The van der Waals surface area contributed by atoms with Gasteiger partial charge in [-0.3, -0.25) is 9.59 Å². The highest BCUT2D eigenvalue weighted by molar-refractivity contribution is 6.01. The molecule has 3 N–H and O–H groups in total. The summed E-state index contributed by atoms with van der Waals surface area (Å²) in [4.78, 5) is 37.6.